The summed E-state index contributed by atoms with van der Waals surface area (Å²) in [4.78, 5) is 0.253. The van der Waals surface area contributed by atoms with Crippen molar-refractivity contribution in [2.24, 2.45) is 0 Å². The zero-order valence-corrected chi connectivity index (χ0v) is 11.3. The Morgan fingerprint density at radius 3 is 1.78 bits per heavy atom. The number of halogens is 1. The second-order valence-electron chi connectivity index (χ2n) is 3.74. The largest absolute Gasteiger partial charge is 0.240 e. The van der Waals surface area contributed by atoms with E-state index in [0.717, 1.165) is 11.1 Å². The molecule has 0 aliphatic heterocycles. The highest BCUT2D eigenvalue weighted by atomic mass is 35.5. The van der Waals surface area contributed by atoms with Crippen molar-refractivity contribution in [1.29, 1.82) is 0 Å². The topological polar surface area (TPSA) is 46.2 Å². The monoisotopic (exact) mass is 281 g/mol. The van der Waals surface area contributed by atoms with Gasteiger partial charge in [0.15, 0.2) is 0 Å². The van der Waals surface area contributed by atoms with E-state index < -0.39 is 10.0 Å². The van der Waals surface area contributed by atoms with Gasteiger partial charge in [0, 0.05) is 5.02 Å². The molecule has 0 saturated carbocycles. The van der Waals surface area contributed by atoms with Crippen molar-refractivity contribution in [2.75, 3.05) is 7.05 Å². The summed E-state index contributed by atoms with van der Waals surface area (Å²) in [5, 5.41) is 0.674. The molecule has 0 bridgehead atoms. The summed E-state index contributed by atoms with van der Waals surface area (Å²) in [6.45, 7) is 0. The second-order valence-corrected chi connectivity index (χ2v) is 6.06. The smallest absolute Gasteiger partial charge is 0.214 e. The van der Waals surface area contributed by atoms with Crippen LogP contribution in [0.4, 0.5) is 0 Å². The summed E-state index contributed by atoms with van der Waals surface area (Å²) in [7, 11) is -1.98. The van der Waals surface area contributed by atoms with Crippen molar-refractivity contribution in [1.82, 2.24) is 4.72 Å². The molecule has 0 unspecified atom stereocenters. The van der Waals surface area contributed by atoms with Crippen LogP contribution >= 0.6 is 11.6 Å². The van der Waals surface area contributed by atoms with Crippen molar-refractivity contribution in [3.05, 3.63) is 53.6 Å². The van der Waals surface area contributed by atoms with Gasteiger partial charge in [0.05, 0.1) is 4.90 Å². The summed E-state index contributed by atoms with van der Waals surface area (Å²) in [5.74, 6) is 0. The summed E-state index contributed by atoms with van der Waals surface area (Å²) in [6.07, 6.45) is 0. The number of hydrogen-bond acceptors (Lipinski definition) is 2. The molecule has 5 heteroatoms. The molecular formula is C13H12ClNO2S. The van der Waals surface area contributed by atoms with Crippen LogP contribution in [-0.2, 0) is 10.0 Å². The number of hydrogen-bond donors (Lipinski definition) is 1. The average molecular weight is 282 g/mol. The van der Waals surface area contributed by atoms with E-state index in [9.17, 15) is 8.42 Å². The third-order valence-electron chi connectivity index (χ3n) is 2.61. The highest BCUT2D eigenvalue weighted by Gasteiger charge is 2.10. The molecule has 0 amide bonds. The van der Waals surface area contributed by atoms with E-state index in [0.29, 0.717) is 5.02 Å². The number of sulfonamides is 1. The standard InChI is InChI=1S/C13H12ClNO2S/c1-15-18(16,17)13-8-4-11(5-9-13)10-2-6-12(14)7-3-10/h2-9,15H,1H3. The maximum absolute atomic E-state index is 11.6. The molecule has 3 nitrogen and oxygen atoms in total. The van der Waals surface area contributed by atoms with Gasteiger partial charge in [0.25, 0.3) is 0 Å². The maximum atomic E-state index is 11.6. The Bertz CT molecular complexity index is 634. The van der Waals surface area contributed by atoms with Crippen LogP contribution in [0.15, 0.2) is 53.4 Å². The van der Waals surface area contributed by atoms with Crippen LogP contribution in [0.1, 0.15) is 0 Å². The summed E-state index contributed by atoms with van der Waals surface area (Å²) in [6, 6.07) is 14.1. The Morgan fingerprint density at radius 1 is 0.889 bits per heavy atom. The second kappa shape index (κ2) is 5.10. The Kier molecular flexibility index (Phi) is 3.71. The zero-order chi connectivity index (χ0) is 13.2. The number of nitrogens with one attached hydrogen (secondary N) is 1. The van der Waals surface area contributed by atoms with E-state index in [-0.39, 0.29) is 4.90 Å². The third kappa shape index (κ3) is 2.72. The zero-order valence-electron chi connectivity index (χ0n) is 9.72. The van der Waals surface area contributed by atoms with Crippen molar-refractivity contribution in [2.45, 2.75) is 4.90 Å². The lowest BCUT2D eigenvalue weighted by atomic mass is 10.1. The van der Waals surface area contributed by atoms with E-state index in [4.69, 9.17) is 11.6 Å². The van der Waals surface area contributed by atoms with Crippen LogP contribution in [0.3, 0.4) is 0 Å². The Balaban J connectivity index is 2.36. The van der Waals surface area contributed by atoms with Crippen molar-refractivity contribution < 1.29 is 8.42 Å². The normalized spacial score (nSPS) is 11.4. The first kappa shape index (κ1) is 13.1. The molecule has 0 saturated heterocycles. The van der Waals surface area contributed by atoms with Gasteiger partial charge in [-0.2, -0.15) is 0 Å². The van der Waals surface area contributed by atoms with Gasteiger partial charge in [-0.3, -0.25) is 0 Å². The maximum Gasteiger partial charge on any atom is 0.240 e. The van der Waals surface area contributed by atoms with Crippen LogP contribution in [-0.4, -0.2) is 15.5 Å². The van der Waals surface area contributed by atoms with Gasteiger partial charge in [-0.05, 0) is 42.4 Å². The lowest BCUT2D eigenvalue weighted by Gasteiger charge is -2.05. The molecule has 0 aliphatic carbocycles. The van der Waals surface area contributed by atoms with Crippen LogP contribution in [0, 0.1) is 0 Å². The molecule has 0 heterocycles. The Hall–Kier alpha value is -1.36. The molecule has 2 aromatic rings. The highest BCUT2D eigenvalue weighted by Crippen LogP contribution is 2.22. The fraction of sp³-hybridized carbons (Fsp3) is 0.0769. The molecule has 2 rings (SSSR count). The first-order valence-electron chi connectivity index (χ1n) is 5.32. The number of benzene rings is 2. The number of rotatable bonds is 3. The SMILES string of the molecule is CNS(=O)(=O)c1ccc(-c2ccc(Cl)cc2)cc1. The summed E-state index contributed by atoms with van der Waals surface area (Å²) < 4.78 is 25.4. The molecule has 94 valence electrons. The fourth-order valence-corrected chi connectivity index (χ4v) is 2.44. The van der Waals surface area contributed by atoms with Crippen LogP contribution in [0.2, 0.25) is 5.02 Å². The molecule has 0 aliphatic rings. The molecular weight excluding hydrogens is 270 g/mol. The van der Waals surface area contributed by atoms with Crippen LogP contribution < -0.4 is 4.72 Å². The van der Waals surface area contributed by atoms with Crippen molar-refractivity contribution in [3.63, 3.8) is 0 Å². The molecule has 0 spiro atoms. The van der Waals surface area contributed by atoms with Gasteiger partial charge in [-0.25, -0.2) is 13.1 Å². The van der Waals surface area contributed by atoms with Gasteiger partial charge in [0.1, 0.15) is 0 Å². The summed E-state index contributed by atoms with van der Waals surface area (Å²) >= 11 is 5.82. The Morgan fingerprint density at radius 2 is 1.33 bits per heavy atom. The molecule has 0 radical (unpaired) electrons. The Labute approximate surface area is 111 Å². The van der Waals surface area contributed by atoms with E-state index in [1.54, 1.807) is 36.4 Å². The minimum absolute atomic E-state index is 0.253. The van der Waals surface area contributed by atoms with Crippen LogP contribution in [0.25, 0.3) is 11.1 Å². The predicted molar refractivity (Wildman–Crippen MR) is 73.1 cm³/mol. The van der Waals surface area contributed by atoms with E-state index in [1.807, 2.05) is 12.1 Å². The molecule has 0 atom stereocenters. The van der Waals surface area contributed by atoms with Crippen molar-refractivity contribution in [3.8, 4) is 11.1 Å². The average Bonchev–Trinajstić information content (AvgIpc) is 2.40. The minimum atomic E-state index is -3.37. The molecule has 0 aromatic heterocycles. The lowest BCUT2D eigenvalue weighted by Crippen LogP contribution is -2.18. The van der Waals surface area contributed by atoms with E-state index in [1.165, 1.54) is 7.05 Å². The van der Waals surface area contributed by atoms with E-state index >= 15 is 0 Å². The van der Waals surface area contributed by atoms with Gasteiger partial charge in [-0.1, -0.05) is 35.9 Å². The van der Waals surface area contributed by atoms with Gasteiger partial charge < -0.3 is 0 Å². The molecule has 18 heavy (non-hydrogen) atoms. The first-order chi connectivity index (χ1) is 8.53. The molecule has 0 fully saturated rings. The minimum Gasteiger partial charge on any atom is -0.214 e. The first-order valence-corrected chi connectivity index (χ1v) is 7.18. The lowest BCUT2D eigenvalue weighted by molar-refractivity contribution is 0.588. The van der Waals surface area contributed by atoms with Crippen LogP contribution in [0.5, 0.6) is 0 Å². The quantitative estimate of drug-likeness (QED) is 0.940. The van der Waals surface area contributed by atoms with Gasteiger partial charge in [-0.15, -0.1) is 0 Å². The summed E-state index contributed by atoms with van der Waals surface area (Å²) in [5.41, 5.74) is 1.94. The van der Waals surface area contributed by atoms with Crippen molar-refractivity contribution >= 4 is 21.6 Å². The molecule has 1 N–H and O–H groups in total. The van der Waals surface area contributed by atoms with Gasteiger partial charge in [0.2, 0.25) is 10.0 Å². The highest BCUT2D eigenvalue weighted by molar-refractivity contribution is 7.89. The fourth-order valence-electron chi connectivity index (χ4n) is 1.59. The third-order valence-corrected chi connectivity index (χ3v) is 4.29. The predicted octanol–water partition coefficient (Wildman–Crippen LogP) is 2.92. The van der Waals surface area contributed by atoms with E-state index in [2.05, 4.69) is 4.72 Å². The molecule has 2 aromatic carbocycles. The van der Waals surface area contributed by atoms with Gasteiger partial charge >= 0.3 is 0 Å².